The molecule has 2 unspecified atom stereocenters. The van der Waals surface area contributed by atoms with E-state index in [1.165, 1.54) is 62.8 Å². The molecule has 0 aliphatic carbocycles. The summed E-state index contributed by atoms with van der Waals surface area (Å²) in [4.78, 5) is 51.6. The van der Waals surface area contributed by atoms with E-state index in [1.807, 2.05) is 26.0 Å². The van der Waals surface area contributed by atoms with Crippen molar-refractivity contribution < 1.29 is 32.6 Å². The fourth-order valence-corrected chi connectivity index (χ4v) is 5.11. The van der Waals surface area contributed by atoms with Gasteiger partial charge >= 0.3 is 11.9 Å². The number of methoxy groups -OCH3 is 2. The first-order valence-electron chi connectivity index (χ1n) is 14.1. The molecule has 1 amide bonds. The summed E-state index contributed by atoms with van der Waals surface area (Å²) in [5.74, 6) is -4.84. The third kappa shape index (κ3) is 7.19. The summed E-state index contributed by atoms with van der Waals surface area (Å²) >= 11 is 0. The third-order valence-corrected chi connectivity index (χ3v) is 7.28. The molecule has 2 atom stereocenters. The highest BCUT2D eigenvalue weighted by Gasteiger charge is 2.42. The van der Waals surface area contributed by atoms with E-state index in [4.69, 9.17) is 9.47 Å². The number of pyridine rings is 1. The molecule has 1 aliphatic heterocycles. The number of nitrogens with zero attached hydrogens (tertiary/aromatic N) is 2. The number of ether oxygens (including phenoxy) is 2. The quantitative estimate of drug-likeness (QED) is 0.350. The minimum absolute atomic E-state index is 0.116. The molecule has 10 nitrogen and oxygen atoms in total. The number of carbonyl (C=O) groups excluding carboxylic acids is 3. The number of benzene rings is 2. The number of amides is 1. The number of aromatic amines is 1. The summed E-state index contributed by atoms with van der Waals surface area (Å²) in [6.07, 6.45) is 0. The molecular weight excluding hydrogens is 598 g/mol. The fraction of sp³-hybridized carbons (Fsp3) is 0.294. The van der Waals surface area contributed by atoms with Gasteiger partial charge in [-0.1, -0.05) is 52.0 Å². The Morgan fingerprint density at radius 3 is 1.85 bits per heavy atom. The van der Waals surface area contributed by atoms with E-state index in [-0.39, 0.29) is 34.1 Å². The smallest absolute Gasteiger partial charge is 0.340 e. The minimum Gasteiger partial charge on any atom is -0.466 e. The van der Waals surface area contributed by atoms with Gasteiger partial charge in [0.05, 0.1) is 31.4 Å². The molecule has 0 fully saturated rings. The number of H-pyrrole nitrogens is 1. The normalized spacial score (nSPS) is 15.7. The molecule has 2 N–H and O–H groups in total. The van der Waals surface area contributed by atoms with Crippen LogP contribution in [0.1, 0.15) is 66.7 Å². The molecule has 3 aromatic rings. The van der Waals surface area contributed by atoms with Crippen LogP contribution in [0.5, 0.6) is 0 Å². The van der Waals surface area contributed by atoms with Crippen LogP contribution in [-0.2, 0) is 19.1 Å². The van der Waals surface area contributed by atoms with Crippen LogP contribution in [0, 0.1) is 46.1 Å². The molecule has 2 heterocycles. The lowest BCUT2D eigenvalue weighted by atomic mass is 9.76. The zero-order valence-corrected chi connectivity index (χ0v) is 26.0. The maximum atomic E-state index is 13.2. The number of nitriles is 2. The Morgan fingerprint density at radius 2 is 1.39 bits per heavy atom. The van der Waals surface area contributed by atoms with Crippen molar-refractivity contribution in [2.24, 2.45) is 11.8 Å². The molecule has 0 radical (unpaired) electrons. The average molecular weight is 631 g/mol. The summed E-state index contributed by atoms with van der Waals surface area (Å²) in [7, 11) is 2.46. The molecule has 4 rings (SSSR count). The summed E-state index contributed by atoms with van der Waals surface area (Å²) in [5, 5.41) is 21.3. The first kappa shape index (κ1) is 34.9. The molecule has 1 aliphatic rings. The van der Waals surface area contributed by atoms with Crippen LogP contribution in [0.2, 0.25) is 0 Å². The Hall–Kier alpha value is -5.62. The van der Waals surface area contributed by atoms with E-state index in [9.17, 15) is 38.5 Å². The van der Waals surface area contributed by atoms with Crippen molar-refractivity contribution in [3.05, 3.63) is 104 Å². The Labute approximate surface area is 264 Å². The number of hydrogen-bond acceptors (Lipinski definition) is 8. The minimum atomic E-state index is -1.09. The third-order valence-electron chi connectivity index (χ3n) is 7.28. The second-order valence-electron chi connectivity index (χ2n) is 10.9. The number of nitrogens with one attached hydrogen (secondary N) is 2. The molecule has 12 heteroatoms. The van der Waals surface area contributed by atoms with E-state index in [2.05, 4.69) is 10.3 Å². The van der Waals surface area contributed by atoms with Crippen LogP contribution < -0.4 is 10.9 Å². The zero-order valence-electron chi connectivity index (χ0n) is 26.0. The van der Waals surface area contributed by atoms with Crippen LogP contribution in [-0.4, -0.2) is 37.0 Å². The molecular formula is C34H32F2N4O6. The Morgan fingerprint density at radius 1 is 0.848 bits per heavy atom. The van der Waals surface area contributed by atoms with Crippen molar-refractivity contribution in [1.82, 2.24) is 10.3 Å². The van der Waals surface area contributed by atoms with Gasteiger partial charge in [0.25, 0.3) is 5.56 Å². The van der Waals surface area contributed by atoms with Gasteiger partial charge in [0.1, 0.15) is 29.2 Å². The molecule has 1 aromatic heterocycles. The second kappa shape index (κ2) is 14.9. The molecule has 0 bridgehead atoms. The van der Waals surface area contributed by atoms with Crippen molar-refractivity contribution in [2.75, 3.05) is 14.2 Å². The van der Waals surface area contributed by atoms with Crippen LogP contribution >= 0.6 is 0 Å². The average Bonchev–Trinajstić information content (AvgIpc) is 3.04. The number of allylic oxidation sites excluding steroid dienone is 1. The largest absolute Gasteiger partial charge is 0.466 e. The van der Waals surface area contributed by atoms with Gasteiger partial charge in [-0.15, -0.1) is 0 Å². The van der Waals surface area contributed by atoms with Crippen molar-refractivity contribution in [1.29, 1.82) is 10.5 Å². The molecule has 0 saturated heterocycles. The molecule has 238 valence electrons. The second-order valence-corrected chi connectivity index (χ2v) is 10.9. The van der Waals surface area contributed by atoms with E-state index < -0.39 is 46.9 Å². The lowest BCUT2D eigenvalue weighted by molar-refractivity contribution is -0.137. The molecule has 0 spiro atoms. The van der Waals surface area contributed by atoms with E-state index in [0.29, 0.717) is 22.5 Å². The predicted molar refractivity (Wildman–Crippen MR) is 163 cm³/mol. The predicted octanol–water partition coefficient (Wildman–Crippen LogP) is 5.22. The van der Waals surface area contributed by atoms with Gasteiger partial charge in [-0.2, -0.15) is 10.5 Å². The number of rotatable bonds is 6. The van der Waals surface area contributed by atoms with Crippen molar-refractivity contribution >= 4 is 17.8 Å². The topological polar surface area (TPSA) is 162 Å². The number of carbonyl (C=O) groups is 3. The lowest BCUT2D eigenvalue weighted by Crippen LogP contribution is -2.43. The van der Waals surface area contributed by atoms with Gasteiger partial charge in [0, 0.05) is 22.9 Å². The Kier molecular flexibility index (Phi) is 11.3. The monoisotopic (exact) mass is 630 g/mol. The van der Waals surface area contributed by atoms with Gasteiger partial charge < -0.3 is 19.8 Å². The number of esters is 2. The Balaban J connectivity index is 0.000000250. The first-order chi connectivity index (χ1) is 21.8. The van der Waals surface area contributed by atoms with E-state index >= 15 is 0 Å². The number of hydrogen-bond donors (Lipinski definition) is 2. The zero-order chi connectivity index (χ0) is 34.3. The van der Waals surface area contributed by atoms with Crippen LogP contribution in [0.3, 0.4) is 0 Å². The number of halogens is 2. The van der Waals surface area contributed by atoms with Crippen LogP contribution in [0.25, 0.3) is 11.1 Å². The van der Waals surface area contributed by atoms with Crippen molar-refractivity contribution in [3.8, 4) is 23.3 Å². The molecule has 46 heavy (non-hydrogen) atoms. The highest BCUT2D eigenvalue weighted by Crippen LogP contribution is 2.39. The van der Waals surface area contributed by atoms with Gasteiger partial charge in [0.2, 0.25) is 5.91 Å². The molecule has 2 aromatic carbocycles. The molecule has 0 saturated carbocycles. The SMILES string of the molecule is COC(=O)C1=C(C(C)C)NC(=O)C(C#N)C1c1ccc(F)cc1.COC(=O)c1c(C(C)C)[nH]c(=O)c(C#N)c1-c1ccc(F)cc1. The van der Waals surface area contributed by atoms with Gasteiger partial charge in [0.15, 0.2) is 0 Å². The standard InChI is InChI=1S/C17H17FN2O3.C17H15FN2O3/c2*1-9(2)15-14(17(22)23-3)13(12(8-19)16(21)20-15)10-4-6-11(18)7-5-10/h4-7,9,12-13H,1-3H3,(H,20,21);4-7,9H,1-3H3,(H,20,21). The Bertz CT molecular complexity index is 1810. The van der Waals surface area contributed by atoms with Gasteiger partial charge in [-0.05, 0) is 47.2 Å². The highest BCUT2D eigenvalue weighted by atomic mass is 19.1. The summed E-state index contributed by atoms with van der Waals surface area (Å²) in [6.45, 7) is 7.26. The van der Waals surface area contributed by atoms with E-state index in [0.717, 1.165) is 0 Å². The number of aromatic nitrogens is 1. The van der Waals surface area contributed by atoms with Gasteiger partial charge in [-0.25, -0.2) is 18.4 Å². The lowest BCUT2D eigenvalue weighted by Gasteiger charge is -2.32. The van der Waals surface area contributed by atoms with Crippen LogP contribution in [0.4, 0.5) is 8.78 Å². The summed E-state index contributed by atoms with van der Waals surface area (Å²) in [5.41, 5.74) is 1.44. The summed E-state index contributed by atoms with van der Waals surface area (Å²) in [6, 6.07) is 14.4. The fourth-order valence-electron chi connectivity index (χ4n) is 5.11. The first-order valence-corrected chi connectivity index (χ1v) is 14.1. The van der Waals surface area contributed by atoms with E-state index in [1.54, 1.807) is 13.8 Å². The van der Waals surface area contributed by atoms with Crippen molar-refractivity contribution in [3.63, 3.8) is 0 Å². The van der Waals surface area contributed by atoms with Crippen molar-refractivity contribution in [2.45, 2.75) is 39.5 Å². The highest BCUT2D eigenvalue weighted by molar-refractivity contribution is 6.00. The maximum Gasteiger partial charge on any atom is 0.340 e. The maximum absolute atomic E-state index is 13.2. The summed E-state index contributed by atoms with van der Waals surface area (Å²) < 4.78 is 36.0. The van der Waals surface area contributed by atoms with Gasteiger partial charge in [-0.3, -0.25) is 9.59 Å². The van der Waals surface area contributed by atoms with Crippen LogP contribution in [0.15, 0.2) is 64.6 Å².